The quantitative estimate of drug-likeness (QED) is 0.505. The molecule has 1 heterocycles. The van der Waals surface area contributed by atoms with Gasteiger partial charge in [-0.05, 0) is 0 Å². The largest absolute Gasteiger partial charge is 0.465 e. The van der Waals surface area contributed by atoms with Gasteiger partial charge in [-0.15, -0.1) is 0 Å². The van der Waals surface area contributed by atoms with Gasteiger partial charge in [0.2, 0.25) is 0 Å². The van der Waals surface area contributed by atoms with E-state index in [0.717, 1.165) is 0 Å². The van der Waals surface area contributed by atoms with Crippen LogP contribution in [0.3, 0.4) is 0 Å². The van der Waals surface area contributed by atoms with E-state index >= 15 is 0 Å². The molecule has 0 aromatic heterocycles. The van der Waals surface area contributed by atoms with Crippen molar-refractivity contribution in [1.29, 1.82) is 0 Å². The van der Waals surface area contributed by atoms with Crippen LogP contribution < -0.4 is 0 Å². The molecule has 1 rings (SSSR count). The van der Waals surface area contributed by atoms with E-state index in [9.17, 15) is 0 Å². The van der Waals surface area contributed by atoms with Crippen LogP contribution in [-0.4, -0.2) is 0 Å². The molecule has 1 aliphatic rings. The molecule has 0 aromatic carbocycles. The molecule has 0 unspecified atom stereocenters. The van der Waals surface area contributed by atoms with Gasteiger partial charge in [0.1, 0.15) is 18.8 Å². The van der Waals surface area contributed by atoms with Crippen molar-refractivity contribution < 1.29 is 9.47 Å². The third-order valence-corrected chi connectivity index (χ3v) is 0.678. The van der Waals surface area contributed by atoms with Crippen LogP contribution in [0.1, 0.15) is 0 Å². The molecular formula is C6H5O2. The van der Waals surface area contributed by atoms with E-state index in [2.05, 4.69) is 12.7 Å². The number of hydrogen-bond donors (Lipinski definition) is 0. The molecule has 0 saturated heterocycles. The third-order valence-electron chi connectivity index (χ3n) is 0.678. The molecule has 0 atom stereocenters. The third kappa shape index (κ3) is 0.904. The van der Waals surface area contributed by atoms with E-state index in [4.69, 9.17) is 9.47 Å². The Hall–Kier alpha value is -1.18. The first-order valence-electron chi connectivity index (χ1n) is 2.14. The van der Waals surface area contributed by atoms with Crippen LogP contribution in [0.15, 0.2) is 31.1 Å². The second-order valence-corrected chi connectivity index (χ2v) is 1.18. The molecular weight excluding hydrogens is 104 g/mol. The van der Waals surface area contributed by atoms with Gasteiger partial charge < -0.3 is 9.47 Å². The van der Waals surface area contributed by atoms with Gasteiger partial charge in [-0.2, -0.15) is 0 Å². The van der Waals surface area contributed by atoms with Crippen molar-refractivity contribution in [3.63, 3.8) is 0 Å². The van der Waals surface area contributed by atoms with Crippen LogP contribution >= 0.6 is 0 Å². The maximum absolute atomic E-state index is 4.81. The van der Waals surface area contributed by atoms with E-state index < -0.39 is 0 Å². The van der Waals surface area contributed by atoms with Crippen molar-refractivity contribution in [2.45, 2.75) is 0 Å². The van der Waals surface area contributed by atoms with Gasteiger partial charge in [-0.1, -0.05) is 6.58 Å². The highest BCUT2D eigenvalue weighted by Crippen LogP contribution is 2.03. The molecule has 0 saturated carbocycles. The fraction of sp³-hybridized carbons (Fsp3) is 0. The second-order valence-electron chi connectivity index (χ2n) is 1.18. The Morgan fingerprint density at radius 3 is 2.75 bits per heavy atom. The summed E-state index contributed by atoms with van der Waals surface area (Å²) in [6.45, 7) is 3.35. The number of allylic oxidation sites excluding steroid dienone is 1. The van der Waals surface area contributed by atoms with Crippen LogP contribution in [0.2, 0.25) is 0 Å². The van der Waals surface area contributed by atoms with Crippen LogP contribution in [0.4, 0.5) is 0 Å². The second kappa shape index (κ2) is 2.21. The highest BCUT2D eigenvalue weighted by atomic mass is 16.5. The average molecular weight is 109 g/mol. The number of hydrogen-bond acceptors (Lipinski definition) is 2. The molecule has 0 fully saturated rings. The monoisotopic (exact) mass is 109 g/mol. The van der Waals surface area contributed by atoms with E-state index in [0.29, 0.717) is 5.76 Å². The first-order chi connectivity index (χ1) is 3.93. The summed E-state index contributed by atoms with van der Waals surface area (Å²) in [6.07, 6.45) is 6.80. The van der Waals surface area contributed by atoms with Crippen molar-refractivity contribution in [1.82, 2.24) is 0 Å². The Kier molecular flexibility index (Phi) is 1.37. The molecule has 41 valence electrons. The highest BCUT2D eigenvalue weighted by molar-refractivity contribution is 5.02. The van der Waals surface area contributed by atoms with Gasteiger partial charge >= 0.3 is 0 Å². The molecule has 1 radical (unpaired) electrons. The van der Waals surface area contributed by atoms with E-state index in [1.807, 2.05) is 0 Å². The lowest BCUT2D eigenvalue weighted by Crippen LogP contribution is -1.86. The zero-order chi connectivity index (χ0) is 5.82. The first kappa shape index (κ1) is 4.97. The summed E-state index contributed by atoms with van der Waals surface area (Å²) in [4.78, 5) is 0. The Balaban J connectivity index is 2.55. The lowest BCUT2D eigenvalue weighted by Gasteiger charge is -2.02. The predicted molar refractivity (Wildman–Crippen MR) is 28.3 cm³/mol. The Labute approximate surface area is 47.7 Å². The minimum atomic E-state index is 0.507. The molecule has 0 aliphatic carbocycles. The average Bonchev–Trinajstić information content (AvgIpc) is 1.90. The van der Waals surface area contributed by atoms with E-state index in [-0.39, 0.29) is 0 Å². The molecule has 0 aromatic rings. The number of ether oxygens (including phenoxy) is 2. The zero-order valence-electron chi connectivity index (χ0n) is 4.26. The molecule has 0 amide bonds. The summed E-state index contributed by atoms with van der Waals surface area (Å²) in [5, 5.41) is 0. The van der Waals surface area contributed by atoms with Crippen molar-refractivity contribution in [2.75, 3.05) is 0 Å². The standard InChI is InChI=1S/C6H5O2/c1-2-6-5-7-3-4-8-6/h3-5H,1H2. The fourth-order valence-corrected chi connectivity index (χ4v) is 0.345. The predicted octanol–water partition coefficient (Wildman–Crippen LogP) is 1.33. The van der Waals surface area contributed by atoms with Gasteiger partial charge in [-0.3, -0.25) is 0 Å². The molecule has 1 aliphatic heterocycles. The maximum Gasteiger partial charge on any atom is 0.168 e. The van der Waals surface area contributed by atoms with Crippen LogP contribution in [-0.2, 0) is 9.47 Å². The van der Waals surface area contributed by atoms with Gasteiger partial charge in [0.15, 0.2) is 5.76 Å². The van der Waals surface area contributed by atoms with Crippen LogP contribution in [0, 0.1) is 6.08 Å². The fourth-order valence-electron chi connectivity index (χ4n) is 0.345. The first-order valence-corrected chi connectivity index (χ1v) is 2.14. The van der Waals surface area contributed by atoms with E-state index in [1.54, 1.807) is 0 Å². The molecule has 2 nitrogen and oxygen atoms in total. The van der Waals surface area contributed by atoms with Gasteiger partial charge in [0.25, 0.3) is 0 Å². The SMILES string of the molecule is C=[C]C1=COC=CO1. The Bertz CT molecular complexity index is 145. The lowest BCUT2D eigenvalue weighted by atomic mass is 10.5. The molecule has 8 heavy (non-hydrogen) atoms. The van der Waals surface area contributed by atoms with Crippen molar-refractivity contribution in [3.05, 3.63) is 37.2 Å². The molecule has 2 heteroatoms. The minimum absolute atomic E-state index is 0.507. The zero-order valence-corrected chi connectivity index (χ0v) is 4.26. The smallest absolute Gasteiger partial charge is 0.168 e. The molecule has 0 N–H and O–H groups in total. The summed E-state index contributed by atoms with van der Waals surface area (Å²) in [7, 11) is 0. The highest BCUT2D eigenvalue weighted by Gasteiger charge is 1.92. The van der Waals surface area contributed by atoms with Gasteiger partial charge in [0.05, 0.1) is 0 Å². The van der Waals surface area contributed by atoms with Gasteiger partial charge in [-0.25, -0.2) is 0 Å². The normalized spacial score (nSPS) is 15.8. The van der Waals surface area contributed by atoms with Gasteiger partial charge in [0, 0.05) is 6.08 Å². The maximum atomic E-state index is 4.81. The van der Waals surface area contributed by atoms with Crippen molar-refractivity contribution in [3.8, 4) is 0 Å². The summed E-state index contributed by atoms with van der Waals surface area (Å²) >= 11 is 0. The molecule has 0 bridgehead atoms. The van der Waals surface area contributed by atoms with Crippen molar-refractivity contribution in [2.24, 2.45) is 0 Å². The minimum Gasteiger partial charge on any atom is -0.465 e. The van der Waals surface area contributed by atoms with Crippen LogP contribution in [0.5, 0.6) is 0 Å². The topological polar surface area (TPSA) is 18.5 Å². The lowest BCUT2D eigenvalue weighted by molar-refractivity contribution is 0.266. The Morgan fingerprint density at radius 2 is 2.38 bits per heavy atom. The summed E-state index contributed by atoms with van der Waals surface area (Å²) in [5.74, 6) is 0.507. The van der Waals surface area contributed by atoms with Crippen LogP contribution in [0.25, 0.3) is 0 Å². The molecule has 0 spiro atoms. The summed E-state index contributed by atoms with van der Waals surface area (Å²) < 4.78 is 9.51. The van der Waals surface area contributed by atoms with Crippen molar-refractivity contribution >= 4 is 0 Å². The summed E-state index contributed by atoms with van der Waals surface area (Å²) in [6, 6.07) is 0. The number of rotatable bonds is 1. The Morgan fingerprint density at radius 1 is 1.50 bits per heavy atom. The summed E-state index contributed by atoms with van der Waals surface area (Å²) in [5.41, 5.74) is 0. The van der Waals surface area contributed by atoms with E-state index in [1.165, 1.54) is 18.8 Å².